The molecule has 4 aromatic rings. The van der Waals surface area contributed by atoms with E-state index < -0.39 is 0 Å². The van der Waals surface area contributed by atoms with Gasteiger partial charge in [0.2, 0.25) is 0 Å². The Morgan fingerprint density at radius 1 is 0.826 bits per heavy atom. The summed E-state index contributed by atoms with van der Waals surface area (Å²) in [5, 5.41) is 5.82. The van der Waals surface area contributed by atoms with Crippen molar-refractivity contribution < 1.29 is 0 Å². The molecule has 0 bridgehead atoms. The smallest absolute Gasteiger partial charge is 0.131 e. The molecule has 0 fully saturated rings. The van der Waals surface area contributed by atoms with Gasteiger partial charge in [0.15, 0.2) is 0 Å². The maximum absolute atomic E-state index is 5.96. The second-order valence-corrected chi connectivity index (χ2v) is 7.90. The molecule has 2 nitrogen and oxygen atoms in total. The molecule has 118 valence electrons. The van der Waals surface area contributed by atoms with Crippen LogP contribution in [0.5, 0.6) is 0 Å². The van der Waals surface area contributed by atoms with Gasteiger partial charge in [-0.2, -0.15) is 0 Å². The highest BCUT2D eigenvalue weighted by molar-refractivity contribution is 7.18. The molecule has 0 aliphatic rings. The number of thiophene rings is 2. The molecular formula is C16H11Cl3N2S2. The fraction of sp³-hybridized carbons (Fsp3) is 0.125. The van der Waals surface area contributed by atoms with Gasteiger partial charge in [-0.1, -0.05) is 34.8 Å². The third-order valence-electron chi connectivity index (χ3n) is 3.18. The Kier molecular flexibility index (Phi) is 5.09. The van der Waals surface area contributed by atoms with Gasteiger partial charge in [-0.25, -0.2) is 9.97 Å². The molecule has 0 N–H and O–H groups in total. The van der Waals surface area contributed by atoms with Crippen LogP contribution in [0.4, 0.5) is 0 Å². The minimum absolute atomic E-state index is 0.453. The van der Waals surface area contributed by atoms with Crippen LogP contribution in [0.2, 0.25) is 15.3 Å². The molecule has 0 saturated carbocycles. The van der Waals surface area contributed by atoms with Crippen LogP contribution in [-0.4, -0.2) is 9.97 Å². The SMILES string of the molecule is Cc1csc2c(Cl)cc(Cl)nc12.Cc1csc2ccc(Cl)nc12. The van der Waals surface area contributed by atoms with Gasteiger partial charge < -0.3 is 0 Å². The zero-order chi connectivity index (χ0) is 16.6. The van der Waals surface area contributed by atoms with Crippen molar-refractivity contribution in [2.24, 2.45) is 0 Å². The van der Waals surface area contributed by atoms with Crippen LogP contribution in [-0.2, 0) is 0 Å². The van der Waals surface area contributed by atoms with E-state index in [-0.39, 0.29) is 0 Å². The van der Waals surface area contributed by atoms with E-state index in [0.29, 0.717) is 15.3 Å². The number of aromatic nitrogens is 2. The molecule has 0 atom stereocenters. The molecule has 0 aliphatic carbocycles. The van der Waals surface area contributed by atoms with Gasteiger partial charge in [0.25, 0.3) is 0 Å². The number of hydrogen-bond acceptors (Lipinski definition) is 4. The van der Waals surface area contributed by atoms with Gasteiger partial charge in [-0.15, -0.1) is 22.7 Å². The van der Waals surface area contributed by atoms with Gasteiger partial charge in [0.1, 0.15) is 10.3 Å². The zero-order valence-electron chi connectivity index (χ0n) is 12.2. The van der Waals surface area contributed by atoms with Crippen molar-refractivity contribution >= 4 is 77.9 Å². The summed E-state index contributed by atoms with van der Waals surface area (Å²) >= 11 is 20.8. The van der Waals surface area contributed by atoms with Crippen molar-refractivity contribution in [2.75, 3.05) is 0 Å². The Balaban J connectivity index is 0.000000136. The number of pyridine rings is 2. The predicted molar refractivity (Wildman–Crippen MR) is 104 cm³/mol. The topological polar surface area (TPSA) is 25.8 Å². The molecule has 0 aromatic carbocycles. The Bertz CT molecular complexity index is 992. The summed E-state index contributed by atoms with van der Waals surface area (Å²) in [6.45, 7) is 4.04. The number of hydrogen-bond donors (Lipinski definition) is 0. The second-order valence-electron chi connectivity index (χ2n) is 4.92. The minimum Gasteiger partial charge on any atom is -0.235 e. The highest BCUT2D eigenvalue weighted by atomic mass is 35.5. The highest BCUT2D eigenvalue weighted by Crippen LogP contribution is 2.32. The molecule has 0 amide bonds. The van der Waals surface area contributed by atoms with E-state index in [0.717, 1.165) is 21.3 Å². The van der Waals surface area contributed by atoms with E-state index in [1.807, 2.05) is 31.4 Å². The maximum atomic E-state index is 5.96. The van der Waals surface area contributed by atoms with Gasteiger partial charge in [0.05, 0.1) is 25.5 Å². The van der Waals surface area contributed by atoms with Crippen molar-refractivity contribution in [1.82, 2.24) is 9.97 Å². The maximum Gasteiger partial charge on any atom is 0.131 e. The summed E-state index contributed by atoms with van der Waals surface area (Å²) in [4.78, 5) is 8.40. The standard InChI is InChI=1S/C8H5Cl2NS.C8H6ClNS/c1-4-3-12-8-5(9)2-6(10)11-7(4)8;1-5-4-11-6-2-3-7(9)10-8(5)6/h2-3H,1H3;2-4H,1H3. The number of rotatable bonds is 0. The molecule has 0 saturated heterocycles. The molecule has 0 unspecified atom stereocenters. The lowest BCUT2D eigenvalue weighted by atomic mass is 10.3. The van der Waals surface area contributed by atoms with Crippen LogP contribution < -0.4 is 0 Å². The number of nitrogens with zero attached hydrogens (tertiary/aromatic N) is 2. The molecule has 7 heteroatoms. The summed E-state index contributed by atoms with van der Waals surface area (Å²) in [5.74, 6) is 0. The monoisotopic (exact) mass is 400 g/mol. The van der Waals surface area contributed by atoms with Crippen molar-refractivity contribution in [3.05, 3.63) is 55.4 Å². The molecule has 0 radical (unpaired) electrons. The Labute approximate surface area is 156 Å². The van der Waals surface area contributed by atoms with Gasteiger partial charge in [-0.3, -0.25) is 0 Å². The van der Waals surface area contributed by atoms with Crippen LogP contribution in [0.3, 0.4) is 0 Å². The summed E-state index contributed by atoms with van der Waals surface area (Å²) in [5.41, 5.74) is 4.27. The molecule has 4 aromatic heterocycles. The van der Waals surface area contributed by atoms with E-state index in [1.165, 1.54) is 10.3 Å². The number of fused-ring (bicyclic) bond motifs is 2. The molecule has 4 rings (SSSR count). The van der Waals surface area contributed by atoms with Crippen molar-refractivity contribution in [2.45, 2.75) is 13.8 Å². The average Bonchev–Trinajstić information content (AvgIpc) is 3.05. The van der Waals surface area contributed by atoms with Crippen molar-refractivity contribution in [1.29, 1.82) is 0 Å². The largest absolute Gasteiger partial charge is 0.235 e. The van der Waals surface area contributed by atoms with Crippen LogP contribution in [0, 0.1) is 13.8 Å². The molecule has 0 spiro atoms. The summed E-state index contributed by atoms with van der Waals surface area (Å²) in [6, 6.07) is 5.49. The number of aryl methyl sites for hydroxylation is 2. The van der Waals surface area contributed by atoms with E-state index in [1.54, 1.807) is 28.7 Å². The first-order valence-corrected chi connectivity index (χ1v) is 9.55. The first kappa shape index (κ1) is 16.9. The quantitative estimate of drug-likeness (QED) is 0.292. The Hall–Kier alpha value is -0.910. The Morgan fingerprint density at radius 3 is 2.26 bits per heavy atom. The number of halogens is 3. The molecule has 0 aliphatic heterocycles. The predicted octanol–water partition coefficient (Wildman–Crippen LogP) is 7.17. The third-order valence-corrected chi connectivity index (χ3v) is 6.17. The fourth-order valence-electron chi connectivity index (χ4n) is 2.06. The van der Waals surface area contributed by atoms with Crippen LogP contribution in [0.25, 0.3) is 20.4 Å². The molecular weight excluding hydrogens is 391 g/mol. The summed E-state index contributed by atoms with van der Waals surface area (Å²) < 4.78 is 2.21. The zero-order valence-corrected chi connectivity index (χ0v) is 16.1. The Morgan fingerprint density at radius 2 is 1.48 bits per heavy atom. The van der Waals surface area contributed by atoms with Crippen LogP contribution >= 0.6 is 57.5 Å². The van der Waals surface area contributed by atoms with E-state index in [9.17, 15) is 0 Å². The van der Waals surface area contributed by atoms with E-state index in [2.05, 4.69) is 15.3 Å². The minimum atomic E-state index is 0.453. The first-order valence-electron chi connectivity index (χ1n) is 6.66. The second kappa shape index (κ2) is 6.91. The highest BCUT2D eigenvalue weighted by Gasteiger charge is 2.06. The van der Waals surface area contributed by atoms with Crippen LogP contribution in [0.15, 0.2) is 29.0 Å². The molecule has 23 heavy (non-hydrogen) atoms. The van der Waals surface area contributed by atoms with Crippen molar-refractivity contribution in [3.8, 4) is 0 Å². The van der Waals surface area contributed by atoms with Gasteiger partial charge in [-0.05, 0) is 53.9 Å². The van der Waals surface area contributed by atoms with Crippen molar-refractivity contribution in [3.63, 3.8) is 0 Å². The normalized spacial score (nSPS) is 10.8. The third kappa shape index (κ3) is 3.62. The van der Waals surface area contributed by atoms with E-state index in [4.69, 9.17) is 34.8 Å². The lowest BCUT2D eigenvalue weighted by molar-refractivity contribution is 1.39. The van der Waals surface area contributed by atoms with Gasteiger partial charge in [0, 0.05) is 0 Å². The van der Waals surface area contributed by atoms with Gasteiger partial charge >= 0.3 is 0 Å². The van der Waals surface area contributed by atoms with Crippen LogP contribution in [0.1, 0.15) is 11.1 Å². The first-order chi connectivity index (χ1) is 11.0. The van der Waals surface area contributed by atoms with E-state index >= 15 is 0 Å². The average molecular weight is 402 g/mol. The lowest BCUT2D eigenvalue weighted by Crippen LogP contribution is -1.77. The molecule has 4 heterocycles. The fourth-order valence-corrected chi connectivity index (χ4v) is 4.56. The summed E-state index contributed by atoms with van der Waals surface area (Å²) in [6.07, 6.45) is 0. The summed E-state index contributed by atoms with van der Waals surface area (Å²) in [7, 11) is 0. The lowest BCUT2D eigenvalue weighted by Gasteiger charge is -1.94.